The van der Waals surface area contributed by atoms with Gasteiger partial charge < -0.3 is 14.8 Å². The van der Waals surface area contributed by atoms with E-state index in [9.17, 15) is 4.79 Å². The van der Waals surface area contributed by atoms with E-state index in [1.165, 1.54) is 0 Å². The van der Waals surface area contributed by atoms with Gasteiger partial charge >= 0.3 is 0 Å². The van der Waals surface area contributed by atoms with Crippen LogP contribution in [-0.2, 0) is 4.79 Å². The Labute approximate surface area is 158 Å². The molecule has 0 heterocycles. The summed E-state index contributed by atoms with van der Waals surface area (Å²) < 4.78 is 11.1. The quantitative estimate of drug-likeness (QED) is 0.642. The Morgan fingerprint density at radius 1 is 1.00 bits per heavy atom. The Balaban J connectivity index is 1.54. The highest BCUT2D eigenvalue weighted by molar-refractivity contribution is 6.31. The van der Waals surface area contributed by atoms with Gasteiger partial charge in [0.1, 0.15) is 18.1 Å². The lowest BCUT2D eigenvalue weighted by Gasteiger charge is -2.09. The van der Waals surface area contributed by atoms with Crippen molar-refractivity contribution in [2.45, 2.75) is 19.8 Å². The van der Waals surface area contributed by atoms with Gasteiger partial charge in [-0.3, -0.25) is 4.79 Å². The van der Waals surface area contributed by atoms with E-state index in [1.54, 1.807) is 30.3 Å². The molecular formula is C19H21Cl2NO3. The molecule has 0 radical (unpaired) electrons. The van der Waals surface area contributed by atoms with Crippen LogP contribution in [0.1, 0.15) is 18.4 Å². The first kappa shape index (κ1) is 19.4. The monoisotopic (exact) mass is 381 g/mol. The minimum Gasteiger partial charge on any atom is -0.494 e. The average Bonchev–Trinajstić information content (AvgIpc) is 2.60. The summed E-state index contributed by atoms with van der Waals surface area (Å²) in [4.78, 5) is 11.7. The van der Waals surface area contributed by atoms with Crippen LogP contribution in [0.4, 0.5) is 0 Å². The first-order valence-electron chi connectivity index (χ1n) is 8.08. The number of hydrogen-bond donors (Lipinski definition) is 1. The highest BCUT2D eigenvalue weighted by Crippen LogP contribution is 2.21. The molecule has 0 unspecified atom stereocenters. The Bertz CT molecular complexity index is 690. The Hall–Kier alpha value is -1.91. The lowest BCUT2D eigenvalue weighted by atomic mass is 10.2. The molecule has 1 amide bonds. The predicted octanol–water partition coefficient (Wildman–Crippen LogP) is 4.66. The van der Waals surface area contributed by atoms with Crippen molar-refractivity contribution in [2.75, 3.05) is 19.8 Å². The van der Waals surface area contributed by atoms with Crippen LogP contribution >= 0.6 is 23.2 Å². The molecule has 25 heavy (non-hydrogen) atoms. The molecule has 0 aliphatic carbocycles. The van der Waals surface area contributed by atoms with Crippen LogP contribution in [0.15, 0.2) is 42.5 Å². The molecule has 0 aliphatic heterocycles. The second kappa shape index (κ2) is 10.2. The van der Waals surface area contributed by atoms with Crippen molar-refractivity contribution in [1.82, 2.24) is 5.32 Å². The maximum Gasteiger partial charge on any atom is 0.220 e. The summed E-state index contributed by atoms with van der Waals surface area (Å²) in [5.74, 6) is 1.42. The van der Waals surface area contributed by atoms with Gasteiger partial charge in [-0.15, -0.1) is 0 Å². The minimum absolute atomic E-state index is 0.0229. The van der Waals surface area contributed by atoms with Gasteiger partial charge in [0.15, 0.2) is 0 Å². The number of amides is 1. The lowest BCUT2D eigenvalue weighted by Crippen LogP contribution is -2.28. The highest BCUT2D eigenvalue weighted by atomic mass is 35.5. The van der Waals surface area contributed by atoms with E-state index in [0.29, 0.717) is 48.4 Å². The number of carbonyl (C=O) groups excluding carboxylic acids is 1. The number of aryl methyl sites for hydroxylation is 1. The number of benzene rings is 2. The summed E-state index contributed by atoms with van der Waals surface area (Å²) in [5.41, 5.74) is 1.00. The smallest absolute Gasteiger partial charge is 0.220 e. The van der Waals surface area contributed by atoms with E-state index in [4.69, 9.17) is 32.7 Å². The van der Waals surface area contributed by atoms with Crippen LogP contribution in [0.3, 0.4) is 0 Å². The molecule has 0 saturated carbocycles. The summed E-state index contributed by atoms with van der Waals surface area (Å²) in [7, 11) is 0. The molecule has 0 bridgehead atoms. The molecule has 0 aliphatic rings. The molecule has 1 N–H and O–H groups in total. The second-order valence-electron chi connectivity index (χ2n) is 5.52. The molecule has 2 rings (SSSR count). The molecule has 0 spiro atoms. The standard InChI is InChI=1S/C19H21Cl2NO3/c1-14-4-7-17(13-18(14)21)25-12-10-22-19(23)3-2-11-24-16-8-5-15(20)6-9-16/h4-9,13H,2-3,10-12H2,1H3,(H,22,23). The molecule has 0 atom stereocenters. The number of ether oxygens (including phenoxy) is 2. The molecule has 2 aromatic carbocycles. The van der Waals surface area contributed by atoms with Gasteiger partial charge in [0.25, 0.3) is 0 Å². The van der Waals surface area contributed by atoms with E-state index < -0.39 is 0 Å². The molecular weight excluding hydrogens is 361 g/mol. The third kappa shape index (κ3) is 7.24. The topological polar surface area (TPSA) is 47.6 Å². The number of rotatable bonds is 9. The van der Waals surface area contributed by atoms with Crippen molar-refractivity contribution in [3.8, 4) is 11.5 Å². The first-order chi connectivity index (χ1) is 12.0. The van der Waals surface area contributed by atoms with E-state index in [2.05, 4.69) is 5.32 Å². The van der Waals surface area contributed by atoms with Crippen LogP contribution in [-0.4, -0.2) is 25.7 Å². The maximum atomic E-state index is 11.7. The van der Waals surface area contributed by atoms with Crippen LogP contribution in [0.2, 0.25) is 10.0 Å². The van der Waals surface area contributed by atoms with Crippen LogP contribution < -0.4 is 14.8 Å². The van der Waals surface area contributed by atoms with Gasteiger partial charge in [0.05, 0.1) is 13.2 Å². The van der Waals surface area contributed by atoms with Crippen LogP contribution in [0.5, 0.6) is 11.5 Å². The van der Waals surface area contributed by atoms with Crippen LogP contribution in [0, 0.1) is 6.92 Å². The van der Waals surface area contributed by atoms with Crippen molar-refractivity contribution in [3.63, 3.8) is 0 Å². The van der Waals surface area contributed by atoms with Gasteiger partial charge in [-0.2, -0.15) is 0 Å². The first-order valence-corrected chi connectivity index (χ1v) is 8.84. The van der Waals surface area contributed by atoms with Crippen molar-refractivity contribution in [3.05, 3.63) is 58.1 Å². The summed E-state index contributed by atoms with van der Waals surface area (Å²) in [6, 6.07) is 12.7. The fourth-order valence-corrected chi connectivity index (χ4v) is 2.36. The summed E-state index contributed by atoms with van der Waals surface area (Å²) in [6.07, 6.45) is 1.05. The predicted molar refractivity (Wildman–Crippen MR) is 101 cm³/mol. The van der Waals surface area contributed by atoms with Crippen molar-refractivity contribution in [1.29, 1.82) is 0 Å². The third-order valence-corrected chi connectivity index (χ3v) is 4.13. The fourth-order valence-electron chi connectivity index (χ4n) is 2.06. The van der Waals surface area contributed by atoms with E-state index in [1.807, 2.05) is 19.1 Å². The number of halogens is 2. The SMILES string of the molecule is Cc1ccc(OCCNC(=O)CCCOc2ccc(Cl)cc2)cc1Cl. The molecule has 0 saturated heterocycles. The molecule has 2 aromatic rings. The van der Waals surface area contributed by atoms with Crippen molar-refractivity contribution >= 4 is 29.1 Å². The van der Waals surface area contributed by atoms with Crippen molar-refractivity contribution < 1.29 is 14.3 Å². The molecule has 134 valence electrons. The Morgan fingerprint density at radius 3 is 2.40 bits per heavy atom. The average molecular weight is 382 g/mol. The largest absolute Gasteiger partial charge is 0.494 e. The van der Waals surface area contributed by atoms with E-state index >= 15 is 0 Å². The Morgan fingerprint density at radius 2 is 1.68 bits per heavy atom. The maximum absolute atomic E-state index is 11.7. The fraction of sp³-hybridized carbons (Fsp3) is 0.316. The second-order valence-corrected chi connectivity index (χ2v) is 6.36. The highest BCUT2D eigenvalue weighted by Gasteiger charge is 2.03. The van der Waals surface area contributed by atoms with Gasteiger partial charge in [0.2, 0.25) is 5.91 Å². The number of hydrogen-bond acceptors (Lipinski definition) is 3. The zero-order valence-corrected chi connectivity index (χ0v) is 15.6. The minimum atomic E-state index is -0.0229. The molecule has 4 nitrogen and oxygen atoms in total. The molecule has 6 heteroatoms. The zero-order chi connectivity index (χ0) is 18.1. The normalized spacial score (nSPS) is 10.4. The van der Waals surface area contributed by atoms with Gasteiger partial charge in [0, 0.05) is 16.5 Å². The van der Waals surface area contributed by atoms with Crippen LogP contribution in [0.25, 0.3) is 0 Å². The van der Waals surface area contributed by atoms with Gasteiger partial charge in [-0.05, 0) is 55.3 Å². The summed E-state index contributed by atoms with van der Waals surface area (Å²) >= 11 is 11.8. The van der Waals surface area contributed by atoms with Gasteiger partial charge in [-0.1, -0.05) is 29.3 Å². The summed E-state index contributed by atoms with van der Waals surface area (Å²) in [5, 5.41) is 4.15. The Kier molecular flexibility index (Phi) is 7.89. The van der Waals surface area contributed by atoms with Gasteiger partial charge in [-0.25, -0.2) is 0 Å². The van der Waals surface area contributed by atoms with Crippen molar-refractivity contribution in [2.24, 2.45) is 0 Å². The summed E-state index contributed by atoms with van der Waals surface area (Å²) in [6.45, 7) is 3.26. The van der Waals surface area contributed by atoms with E-state index in [-0.39, 0.29) is 5.91 Å². The molecule has 0 fully saturated rings. The zero-order valence-electron chi connectivity index (χ0n) is 14.1. The van der Waals surface area contributed by atoms with E-state index in [0.717, 1.165) is 11.3 Å². The number of nitrogens with one attached hydrogen (secondary N) is 1. The third-order valence-electron chi connectivity index (χ3n) is 3.47. The molecule has 0 aromatic heterocycles. The number of carbonyl (C=O) groups is 1. The lowest BCUT2D eigenvalue weighted by molar-refractivity contribution is -0.121.